The van der Waals surface area contributed by atoms with Crippen LogP contribution in [0.2, 0.25) is 0 Å². The first-order valence-electron chi connectivity index (χ1n) is 8.09. The third kappa shape index (κ3) is 5.90. The van der Waals surface area contributed by atoms with E-state index in [9.17, 15) is 0 Å². The smallest absolute Gasteiger partial charge is 0.138 e. The third-order valence-electron chi connectivity index (χ3n) is 3.29. The van der Waals surface area contributed by atoms with Crippen LogP contribution in [-0.4, -0.2) is 22.1 Å². The minimum Gasteiger partial charge on any atom is -0.370 e. The molecule has 0 radical (unpaired) electrons. The van der Waals surface area contributed by atoms with Gasteiger partial charge in [-0.15, -0.1) is 0 Å². The standard InChI is InChI=1S/C17H32N4/c1-8-10-17(6,7)21-14-12-13(18-11-9-2)19-15(20-14)16(3,4)5/h12H,8-11H2,1-7H3,(H2,18,19,20,21). The fourth-order valence-corrected chi connectivity index (χ4v) is 2.22. The SMILES string of the molecule is CCCNc1cc(NC(C)(C)CCC)nc(C(C)(C)C)n1. The van der Waals surface area contributed by atoms with Gasteiger partial charge in [-0.1, -0.05) is 41.0 Å². The van der Waals surface area contributed by atoms with E-state index in [1.54, 1.807) is 0 Å². The van der Waals surface area contributed by atoms with Gasteiger partial charge in [0, 0.05) is 23.6 Å². The fourth-order valence-electron chi connectivity index (χ4n) is 2.22. The van der Waals surface area contributed by atoms with E-state index in [0.29, 0.717) is 0 Å². The highest BCUT2D eigenvalue weighted by molar-refractivity contribution is 5.49. The molecule has 2 N–H and O–H groups in total. The van der Waals surface area contributed by atoms with Crippen molar-refractivity contribution in [2.75, 3.05) is 17.2 Å². The van der Waals surface area contributed by atoms with Crippen molar-refractivity contribution in [1.29, 1.82) is 0 Å². The molecule has 21 heavy (non-hydrogen) atoms. The number of nitrogens with one attached hydrogen (secondary N) is 2. The van der Waals surface area contributed by atoms with Crippen LogP contribution in [-0.2, 0) is 5.41 Å². The van der Waals surface area contributed by atoms with Gasteiger partial charge in [0.1, 0.15) is 17.5 Å². The highest BCUT2D eigenvalue weighted by Crippen LogP contribution is 2.25. The topological polar surface area (TPSA) is 49.8 Å². The minimum absolute atomic E-state index is 0.0419. The summed E-state index contributed by atoms with van der Waals surface area (Å²) in [6.07, 6.45) is 3.34. The van der Waals surface area contributed by atoms with Gasteiger partial charge in [-0.25, -0.2) is 9.97 Å². The van der Waals surface area contributed by atoms with Gasteiger partial charge in [-0.05, 0) is 26.7 Å². The van der Waals surface area contributed by atoms with Crippen molar-refractivity contribution in [3.63, 3.8) is 0 Å². The molecule has 0 bridgehead atoms. The lowest BCUT2D eigenvalue weighted by Gasteiger charge is -2.28. The molecule has 0 amide bonds. The van der Waals surface area contributed by atoms with E-state index in [-0.39, 0.29) is 11.0 Å². The first kappa shape index (κ1) is 17.7. The van der Waals surface area contributed by atoms with Gasteiger partial charge in [-0.3, -0.25) is 0 Å². The molecule has 4 nitrogen and oxygen atoms in total. The van der Waals surface area contributed by atoms with E-state index >= 15 is 0 Å². The van der Waals surface area contributed by atoms with Gasteiger partial charge >= 0.3 is 0 Å². The zero-order valence-corrected chi connectivity index (χ0v) is 14.8. The molecule has 0 aliphatic heterocycles. The summed E-state index contributed by atoms with van der Waals surface area (Å²) in [5, 5.41) is 6.93. The Morgan fingerprint density at radius 3 is 2.10 bits per heavy atom. The number of hydrogen-bond acceptors (Lipinski definition) is 4. The maximum absolute atomic E-state index is 4.72. The molecule has 1 rings (SSSR count). The van der Waals surface area contributed by atoms with Gasteiger partial charge in [-0.2, -0.15) is 0 Å². The molecule has 0 aromatic carbocycles. The maximum Gasteiger partial charge on any atom is 0.138 e. The maximum atomic E-state index is 4.72. The van der Waals surface area contributed by atoms with Crippen LogP contribution < -0.4 is 10.6 Å². The molecular weight excluding hydrogens is 260 g/mol. The van der Waals surface area contributed by atoms with Crippen LogP contribution in [0, 0.1) is 0 Å². The largest absolute Gasteiger partial charge is 0.370 e. The van der Waals surface area contributed by atoms with E-state index in [0.717, 1.165) is 43.3 Å². The summed E-state index contributed by atoms with van der Waals surface area (Å²) in [6.45, 7) is 16.2. The molecule has 0 atom stereocenters. The van der Waals surface area contributed by atoms with Gasteiger partial charge in [0.15, 0.2) is 0 Å². The summed E-state index contributed by atoms with van der Waals surface area (Å²) in [6, 6.07) is 2.02. The van der Waals surface area contributed by atoms with Gasteiger partial charge in [0.25, 0.3) is 0 Å². The summed E-state index contributed by atoms with van der Waals surface area (Å²) in [7, 11) is 0. The van der Waals surface area contributed by atoms with Crippen molar-refractivity contribution < 1.29 is 0 Å². The van der Waals surface area contributed by atoms with Crippen LogP contribution in [0.4, 0.5) is 11.6 Å². The molecule has 0 aliphatic carbocycles. The van der Waals surface area contributed by atoms with E-state index in [4.69, 9.17) is 4.98 Å². The average molecular weight is 292 g/mol. The molecule has 4 heteroatoms. The van der Waals surface area contributed by atoms with Crippen LogP contribution >= 0.6 is 0 Å². The molecule has 0 fully saturated rings. The van der Waals surface area contributed by atoms with Crippen molar-refractivity contribution in [3.05, 3.63) is 11.9 Å². The van der Waals surface area contributed by atoms with Crippen LogP contribution in [0.5, 0.6) is 0 Å². The summed E-state index contributed by atoms with van der Waals surface area (Å²) >= 11 is 0. The Morgan fingerprint density at radius 1 is 0.952 bits per heavy atom. The summed E-state index contributed by atoms with van der Waals surface area (Å²) in [5.74, 6) is 2.69. The van der Waals surface area contributed by atoms with Crippen molar-refractivity contribution in [1.82, 2.24) is 9.97 Å². The Bertz CT molecular complexity index is 447. The molecule has 1 aromatic heterocycles. The number of hydrogen-bond donors (Lipinski definition) is 2. The second-order valence-electron chi connectivity index (χ2n) is 7.40. The minimum atomic E-state index is -0.0603. The first-order chi connectivity index (χ1) is 9.68. The molecule has 0 aliphatic rings. The molecule has 1 aromatic rings. The first-order valence-corrected chi connectivity index (χ1v) is 8.09. The fraction of sp³-hybridized carbons (Fsp3) is 0.765. The molecule has 0 spiro atoms. The highest BCUT2D eigenvalue weighted by atomic mass is 15.1. The zero-order valence-electron chi connectivity index (χ0n) is 14.8. The molecule has 1 heterocycles. The van der Waals surface area contributed by atoms with E-state index in [2.05, 4.69) is 64.1 Å². The zero-order chi connectivity index (χ0) is 16.1. The van der Waals surface area contributed by atoms with Crippen molar-refractivity contribution in [2.45, 2.75) is 78.7 Å². The van der Waals surface area contributed by atoms with Crippen LogP contribution in [0.3, 0.4) is 0 Å². The highest BCUT2D eigenvalue weighted by Gasteiger charge is 2.22. The Balaban J connectivity index is 3.07. The van der Waals surface area contributed by atoms with Crippen LogP contribution in [0.25, 0.3) is 0 Å². The molecule has 0 saturated carbocycles. The summed E-state index contributed by atoms with van der Waals surface area (Å²) in [4.78, 5) is 9.37. The van der Waals surface area contributed by atoms with Crippen LogP contribution in [0.15, 0.2) is 6.07 Å². The van der Waals surface area contributed by atoms with Gasteiger partial charge in [0.05, 0.1) is 0 Å². The summed E-state index contributed by atoms with van der Waals surface area (Å²) < 4.78 is 0. The van der Waals surface area contributed by atoms with E-state index in [1.807, 2.05) is 6.07 Å². The Labute approximate surface area is 130 Å². The number of anilines is 2. The van der Waals surface area contributed by atoms with Gasteiger partial charge < -0.3 is 10.6 Å². The Kier molecular flexibility index (Phi) is 5.99. The molecule has 0 unspecified atom stereocenters. The Hall–Kier alpha value is -1.32. The molecule has 0 saturated heterocycles. The molecule has 120 valence electrons. The Morgan fingerprint density at radius 2 is 1.57 bits per heavy atom. The second-order valence-corrected chi connectivity index (χ2v) is 7.40. The van der Waals surface area contributed by atoms with E-state index < -0.39 is 0 Å². The normalized spacial score (nSPS) is 12.3. The van der Waals surface area contributed by atoms with Crippen molar-refractivity contribution >= 4 is 11.6 Å². The number of rotatable bonds is 7. The lowest BCUT2D eigenvalue weighted by Crippen LogP contribution is -2.31. The van der Waals surface area contributed by atoms with Crippen LogP contribution in [0.1, 0.15) is 73.6 Å². The lowest BCUT2D eigenvalue weighted by molar-refractivity contribution is 0.504. The third-order valence-corrected chi connectivity index (χ3v) is 3.29. The number of aromatic nitrogens is 2. The van der Waals surface area contributed by atoms with Crippen molar-refractivity contribution in [3.8, 4) is 0 Å². The van der Waals surface area contributed by atoms with Crippen molar-refractivity contribution in [2.24, 2.45) is 0 Å². The summed E-state index contributed by atoms with van der Waals surface area (Å²) in [5.41, 5.74) is -0.0183. The predicted octanol–water partition coefficient (Wildman–Crippen LogP) is 4.59. The second kappa shape index (κ2) is 7.10. The monoisotopic (exact) mass is 292 g/mol. The van der Waals surface area contributed by atoms with E-state index in [1.165, 1.54) is 0 Å². The lowest BCUT2D eigenvalue weighted by atomic mass is 9.95. The number of nitrogens with zero attached hydrogens (tertiary/aromatic N) is 2. The predicted molar refractivity (Wildman–Crippen MR) is 92.1 cm³/mol. The average Bonchev–Trinajstić information content (AvgIpc) is 2.34. The quantitative estimate of drug-likeness (QED) is 0.772. The molecular formula is C17H32N4. The van der Waals surface area contributed by atoms with Gasteiger partial charge in [0.2, 0.25) is 0 Å².